The van der Waals surface area contributed by atoms with Crippen LogP contribution in [-0.4, -0.2) is 30.2 Å². The minimum absolute atomic E-state index is 0.131. The second-order valence-electron chi connectivity index (χ2n) is 4.52. The smallest absolute Gasteiger partial charge is 0.0540 e. The molecule has 2 nitrogen and oxygen atoms in total. The topological polar surface area (TPSA) is 23.5 Å². The van der Waals surface area contributed by atoms with Gasteiger partial charge in [-0.25, -0.2) is 0 Å². The van der Waals surface area contributed by atoms with Crippen LogP contribution in [0.1, 0.15) is 37.3 Å². The van der Waals surface area contributed by atoms with Crippen LogP contribution in [0.4, 0.5) is 0 Å². The van der Waals surface area contributed by atoms with E-state index in [9.17, 15) is 0 Å². The fourth-order valence-corrected chi connectivity index (χ4v) is 1.79. The first kappa shape index (κ1) is 14.8. The van der Waals surface area contributed by atoms with Crippen molar-refractivity contribution in [3.05, 3.63) is 35.4 Å². The monoisotopic (exact) mass is 245 g/mol. The Morgan fingerprint density at radius 3 is 2.78 bits per heavy atom. The second kappa shape index (κ2) is 8.74. The summed E-state index contributed by atoms with van der Waals surface area (Å²) < 4.78 is 0. The van der Waals surface area contributed by atoms with Crippen molar-refractivity contribution in [3.63, 3.8) is 0 Å². The van der Waals surface area contributed by atoms with Crippen molar-refractivity contribution in [1.29, 1.82) is 0 Å². The molecule has 0 bridgehead atoms. The average molecular weight is 245 g/mol. The normalized spacial score (nSPS) is 10.2. The summed E-state index contributed by atoms with van der Waals surface area (Å²) in [6.07, 6.45) is 3.00. The molecule has 1 aromatic carbocycles. The maximum absolute atomic E-state index is 8.75. The molecule has 0 spiro atoms. The highest BCUT2D eigenvalue weighted by molar-refractivity contribution is 5.41. The van der Waals surface area contributed by atoms with Gasteiger partial charge in [0.2, 0.25) is 0 Å². The van der Waals surface area contributed by atoms with Crippen LogP contribution in [0.3, 0.4) is 0 Å². The van der Waals surface area contributed by atoms with E-state index in [2.05, 4.69) is 42.8 Å². The van der Waals surface area contributed by atoms with Crippen molar-refractivity contribution in [3.8, 4) is 11.8 Å². The van der Waals surface area contributed by atoms with Crippen LogP contribution in [0.2, 0.25) is 0 Å². The van der Waals surface area contributed by atoms with E-state index in [-0.39, 0.29) is 6.61 Å². The van der Waals surface area contributed by atoms with Gasteiger partial charge >= 0.3 is 0 Å². The molecule has 0 saturated heterocycles. The fraction of sp³-hybridized carbons (Fsp3) is 0.500. The van der Waals surface area contributed by atoms with Crippen molar-refractivity contribution in [2.24, 2.45) is 0 Å². The number of unbranched alkanes of at least 4 members (excludes halogenated alkanes) is 1. The molecule has 0 aliphatic heterocycles. The zero-order valence-electron chi connectivity index (χ0n) is 11.4. The summed E-state index contributed by atoms with van der Waals surface area (Å²) in [7, 11) is 2.15. The summed E-state index contributed by atoms with van der Waals surface area (Å²) in [4.78, 5) is 2.33. The third-order valence-corrected chi connectivity index (χ3v) is 2.81. The van der Waals surface area contributed by atoms with E-state index >= 15 is 0 Å². The molecule has 0 aliphatic rings. The van der Waals surface area contributed by atoms with Gasteiger partial charge in [-0.15, -0.1) is 0 Å². The standard InChI is InChI=1S/C16H23NO/c1-3-4-12-17(2)14-16-11-6-5-9-15(16)10-7-8-13-18/h5-6,9,11,18H,3-4,8,12-14H2,1-2H3. The van der Waals surface area contributed by atoms with Gasteiger partial charge in [-0.05, 0) is 31.6 Å². The van der Waals surface area contributed by atoms with Crippen LogP contribution in [0.5, 0.6) is 0 Å². The van der Waals surface area contributed by atoms with Crippen molar-refractivity contribution < 1.29 is 5.11 Å². The molecule has 0 fully saturated rings. The van der Waals surface area contributed by atoms with E-state index in [0.29, 0.717) is 6.42 Å². The first-order valence-electron chi connectivity index (χ1n) is 6.64. The first-order chi connectivity index (χ1) is 8.77. The minimum atomic E-state index is 0.131. The Labute approximate surface area is 111 Å². The highest BCUT2D eigenvalue weighted by atomic mass is 16.2. The lowest BCUT2D eigenvalue weighted by Crippen LogP contribution is -2.19. The molecule has 0 atom stereocenters. The van der Waals surface area contributed by atoms with Gasteiger partial charge < -0.3 is 10.0 Å². The highest BCUT2D eigenvalue weighted by Gasteiger charge is 2.03. The largest absolute Gasteiger partial charge is 0.395 e. The molecule has 0 aromatic heterocycles. The van der Waals surface area contributed by atoms with E-state index in [1.807, 2.05) is 12.1 Å². The van der Waals surface area contributed by atoms with Crippen LogP contribution in [0.15, 0.2) is 24.3 Å². The van der Waals surface area contributed by atoms with Gasteiger partial charge in [0.15, 0.2) is 0 Å². The molecule has 1 N–H and O–H groups in total. The molecular formula is C16H23NO. The van der Waals surface area contributed by atoms with Crippen molar-refractivity contribution >= 4 is 0 Å². The van der Waals surface area contributed by atoms with Crippen LogP contribution >= 0.6 is 0 Å². The lowest BCUT2D eigenvalue weighted by atomic mass is 10.1. The number of hydrogen-bond acceptors (Lipinski definition) is 2. The Balaban J connectivity index is 2.67. The van der Waals surface area contributed by atoms with E-state index in [1.165, 1.54) is 18.4 Å². The molecule has 0 radical (unpaired) electrons. The molecule has 98 valence electrons. The van der Waals surface area contributed by atoms with E-state index in [0.717, 1.165) is 18.7 Å². The van der Waals surface area contributed by atoms with Crippen molar-refractivity contribution in [2.75, 3.05) is 20.2 Å². The third-order valence-electron chi connectivity index (χ3n) is 2.81. The summed E-state index contributed by atoms with van der Waals surface area (Å²) in [5.41, 5.74) is 2.34. The molecule has 0 amide bonds. The first-order valence-corrected chi connectivity index (χ1v) is 6.64. The summed E-state index contributed by atoms with van der Waals surface area (Å²) in [5, 5.41) is 8.75. The summed E-state index contributed by atoms with van der Waals surface area (Å²) in [6.45, 7) is 4.40. The summed E-state index contributed by atoms with van der Waals surface area (Å²) in [5.74, 6) is 6.13. The van der Waals surface area contributed by atoms with E-state index in [1.54, 1.807) is 0 Å². The molecule has 0 unspecified atom stereocenters. The molecular weight excluding hydrogens is 222 g/mol. The number of benzene rings is 1. The highest BCUT2D eigenvalue weighted by Crippen LogP contribution is 2.10. The summed E-state index contributed by atoms with van der Waals surface area (Å²) in [6, 6.07) is 8.25. The van der Waals surface area contributed by atoms with Crippen LogP contribution in [0, 0.1) is 11.8 Å². The summed E-state index contributed by atoms with van der Waals surface area (Å²) >= 11 is 0. The average Bonchev–Trinajstić information content (AvgIpc) is 2.38. The van der Waals surface area contributed by atoms with Crippen LogP contribution < -0.4 is 0 Å². The molecule has 0 heterocycles. The van der Waals surface area contributed by atoms with E-state index in [4.69, 9.17) is 5.11 Å². The molecule has 0 aliphatic carbocycles. The number of rotatable bonds is 6. The Morgan fingerprint density at radius 2 is 2.06 bits per heavy atom. The van der Waals surface area contributed by atoms with E-state index < -0.39 is 0 Å². The Morgan fingerprint density at radius 1 is 1.28 bits per heavy atom. The molecule has 1 aromatic rings. The maximum atomic E-state index is 8.75. The third kappa shape index (κ3) is 5.35. The predicted octanol–water partition coefficient (Wildman–Crippen LogP) is 2.65. The maximum Gasteiger partial charge on any atom is 0.0540 e. The Hall–Kier alpha value is -1.30. The molecule has 18 heavy (non-hydrogen) atoms. The lowest BCUT2D eigenvalue weighted by Gasteiger charge is -2.17. The predicted molar refractivity (Wildman–Crippen MR) is 76.3 cm³/mol. The van der Waals surface area contributed by atoms with Gasteiger partial charge in [0.1, 0.15) is 0 Å². The van der Waals surface area contributed by atoms with Gasteiger partial charge in [0.25, 0.3) is 0 Å². The van der Waals surface area contributed by atoms with Crippen molar-refractivity contribution in [1.82, 2.24) is 4.90 Å². The van der Waals surface area contributed by atoms with Gasteiger partial charge in [0, 0.05) is 18.5 Å². The van der Waals surface area contributed by atoms with Gasteiger partial charge in [-0.1, -0.05) is 43.4 Å². The lowest BCUT2D eigenvalue weighted by molar-refractivity contribution is 0.305. The quantitative estimate of drug-likeness (QED) is 0.779. The van der Waals surface area contributed by atoms with Crippen LogP contribution in [0.25, 0.3) is 0 Å². The molecule has 2 heteroatoms. The van der Waals surface area contributed by atoms with Gasteiger partial charge in [0.05, 0.1) is 6.61 Å². The minimum Gasteiger partial charge on any atom is -0.395 e. The van der Waals surface area contributed by atoms with Crippen molar-refractivity contribution in [2.45, 2.75) is 32.7 Å². The number of aliphatic hydroxyl groups is 1. The zero-order valence-corrected chi connectivity index (χ0v) is 11.4. The number of aliphatic hydroxyl groups excluding tert-OH is 1. The molecule has 0 saturated carbocycles. The fourth-order valence-electron chi connectivity index (χ4n) is 1.79. The second-order valence-corrected chi connectivity index (χ2v) is 4.52. The SMILES string of the molecule is CCCCN(C)Cc1ccccc1C#CCCO. The number of nitrogens with zero attached hydrogens (tertiary/aromatic N) is 1. The zero-order chi connectivity index (χ0) is 13.2. The number of hydrogen-bond donors (Lipinski definition) is 1. The van der Waals surface area contributed by atoms with Gasteiger partial charge in [-0.3, -0.25) is 0 Å². The Bertz CT molecular complexity index is 403. The molecule has 1 rings (SSSR count). The van der Waals surface area contributed by atoms with Crippen LogP contribution in [-0.2, 0) is 6.54 Å². The Kier molecular flexibility index (Phi) is 7.17. The van der Waals surface area contributed by atoms with Gasteiger partial charge in [-0.2, -0.15) is 0 Å².